The molecule has 24 heavy (non-hydrogen) atoms. The molecule has 0 aromatic carbocycles. The number of carbonyl (C=O) groups excluding carboxylic acids is 1. The Labute approximate surface area is 134 Å². The van der Waals surface area contributed by atoms with Crippen LogP contribution < -0.4 is 0 Å². The lowest BCUT2D eigenvalue weighted by atomic mass is 9.78. The second kappa shape index (κ2) is 5.93. The van der Waals surface area contributed by atoms with Gasteiger partial charge in [-0.15, -0.1) is 0 Å². The van der Waals surface area contributed by atoms with Crippen molar-refractivity contribution in [3.05, 3.63) is 12.2 Å². The Hall–Kier alpha value is -1.25. The zero-order valence-corrected chi connectivity index (χ0v) is 12.9. The van der Waals surface area contributed by atoms with Crippen LogP contribution in [0.2, 0.25) is 0 Å². The fourth-order valence-corrected chi connectivity index (χ4v) is 3.78. The van der Waals surface area contributed by atoms with Gasteiger partial charge in [0.25, 0.3) is 5.60 Å². The average Bonchev–Trinajstić information content (AvgIpc) is 2.98. The molecule has 0 heterocycles. The zero-order valence-electron chi connectivity index (χ0n) is 12.9. The summed E-state index contributed by atoms with van der Waals surface area (Å²) < 4.78 is 82.6. The molecule has 0 aromatic heterocycles. The van der Waals surface area contributed by atoms with Gasteiger partial charge in [0.15, 0.2) is 0 Å². The number of ether oxygens (including phenoxy) is 1. The monoisotopic (exact) mass is 360 g/mol. The summed E-state index contributed by atoms with van der Waals surface area (Å²) in [7, 11) is 0. The predicted molar refractivity (Wildman–Crippen MR) is 70.7 cm³/mol. The van der Waals surface area contributed by atoms with E-state index in [9.17, 15) is 36.2 Å². The molecular formula is C15H18F6O3. The third-order valence-corrected chi connectivity index (χ3v) is 5.07. The van der Waals surface area contributed by atoms with Gasteiger partial charge in [0.2, 0.25) is 0 Å². The number of rotatable bonds is 4. The predicted octanol–water partition coefficient (Wildman–Crippen LogP) is 3.77. The second-order valence-corrected chi connectivity index (χ2v) is 6.71. The van der Waals surface area contributed by atoms with Gasteiger partial charge in [-0.25, -0.2) is 4.79 Å². The standard InChI is InChI=1S/C15H18F6O3/c1-7(2)12(22)24-11-9-4-3-8(5-9)10(11)6-13(23,14(16,17)18)15(19,20)21/h8-11,23H,1,3-6H2,2H3/t8-,9-,10-,11+/m0/s1. The zero-order chi connectivity index (χ0) is 18.5. The van der Waals surface area contributed by atoms with Gasteiger partial charge in [-0.3, -0.25) is 0 Å². The molecule has 0 unspecified atom stereocenters. The van der Waals surface area contributed by atoms with Crippen molar-refractivity contribution in [2.45, 2.75) is 56.7 Å². The molecule has 138 valence electrons. The highest BCUT2D eigenvalue weighted by molar-refractivity contribution is 5.87. The highest BCUT2D eigenvalue weighted by Gasteiger charge is 2.72. The van der Waals surface area contributed by atoms with Crippen molar-refractivity contribution in [3.8, 4) is 0 Å². The molecule has 2 aliphatic carbocycles. The molecule has 4 atom stereocenters. The van der Waals surface area contributed by atoms with E-state index in [0.29, 0.717) is 19.3 Å². The Morgan fingerprint density at radius 1 is 1.12 bits per heavy atom. The summed E-state index contributed by atoms with van der Waals surface area (Å²) >= 11 is 0. The van der Waals surface area contributed by atoms with Crippen LogP contribution in [0.25, 0.3) is 0 Å². The number of esters is 1. The highest BCUT2D eigenvalue weighted by atomic mass is 19.4. The van der Waals surface area contributed by atoms with Gasteiger partial charge in [-0.05, 0) is 38.0 Å². The van der Waals surface area contributed by atoms with Crippen LogP contribution in [0.1, 0.15) is 32.6 Å². The van der Waals surface area contributed by atoms with Crippen molar-refractivity contribution >= 4 is 5.97 Å². The van der Waals surface area contributed by atoms with E-state index in [1.165, 1.54) is 6.92 Å². The van der Waals surface area contributed by atoms with E-state index in [1.807, 2.05) is 0 Å². The van der Waals surface area contributed by atoms with E-state index in [-0.39, 0.29) is 11.5 Å². The summed E-state index contributed by atoms with van der Waals surface area (Å²) in [5.74, 6) is -2.76. The molecule has 0 amide bonds. The lowest BCUT2D eigenvalue weighted by Crippen LogP contribution is -2.59. The van der Waals surface area contributed by atoms with Crippen LogP contribution in [0.15, 0.2) is 12.2 Å². The molecule has 9 heteroatoms. The van der Waals surface area contributed by atoms with E-state index < -0.39 is 48.3 Å². The molecule has 1 N–H and O–H groups in total. The van der Waals surface area contributed by atoms with E-state index in [1.54, 1.807) is 0 Å². The van der Waals surface area contributed by atoms with Crippen LogP contribution in [0.5, 0.6) is 0 Å². The molecule has 2 bridgehead atoms. The van der Waals surface area contributed by atoms with Gasteiger partial charge in [-0.1, -0.05) is 6.58 Å². The third-order valence-electron chi connectivity index (χ3n) is 5.07. The average molecular weight is 360 g/mol. The number of fused-ring (bicyclic) bond motifs is 2. The molecule has 0 spiro atoms. The quantitative estimate of drug-likeness (QED) is 0.472. The second-order valence-electron chi connectivity index (χ2n) is 6.71. The maximum Gasteiger partial charge on any atom is 0.426 e. The van der Waals surface area contributed by atoms with Crippen molar-refractivity contribution in [1.82, 2.24) is 0 Å². The van der Waals surface area contributed by atoms with E-state index in [4.69, 9.17) is 4.74 Å². The van der Waals surface area contributed by atoms with E-state index in [2.05, 4.69) is 6.58 Å². The van der Waals surface area contributed by atoms with Crippen molar-refractivity contribution in [2.24, 2.45) is 17.8 Å². The molecule has 0 saturated heterocycles. The van der Waals surface area contributed by atoms with Crippen LogP contribution in [0.4, 0.5) is 26.3 Å². The van der Waals surface area contributed by atoms with Gasteiger partial charge in [0.05, 0.1) is 0 Å². The van der Waals surface area contributed by atoms with Crippen molar-refractivity contribution in [2.75, 3.05) is 0 Å². The van der Waals surface area contributed by atoms with Gasteiger partial charge >= 0.3 is 18.3 Å². The lowest BCUT2D eigenvalue weighted by Gasteiger charge is -2.38. The minimum atomic E-state index is -5.87. The van der Waals surface area contributed by atoms with E-state index in [0.717, 1.165) is 0 Å². The first kappa shape index (κ1) is 19.1. The largest absolute Gasteiger partial charge is 0.458 e. The maximum absolute atomic E-state index is 12.9. The van der Waals surface area contributed by atoms with Crippen molar-refractivity contribution in [1.29, 1.82) is 0 Å². The number of hydrogen-bond acceptors (Lipinski definition) is 3. The first-order chi connectivity index (χ1) is 10.8. The minimum Gasteiger partial charge on any atom is -0.458 e. The molecule has 0 radical (unpaired) electrons. The highest BCUT2D eigenvalue weighted by Crippen LogP contribution is 2.56. The van der Waals surface area contributed by atoms with Crippen LogP contribution in [-0.2, 0) is 9.53 Å². The fraction of sp³-hybridized carbons (Fsp3) is 0.800. The fourth-order valence-electron chi connectivity index (χ4n) is 3.78. The first-order valence-electron chi connectivity index (χ1n) is 7.50. The molecule has 3 nitrogen and oxygen atoms in total. The van der Waals surface area contributed by atoms with Gasteiger partial charge in [0, 0.05) is 17.9 Å². The molecule has 0 aliphatic heterocycles. The summed E-state index contributed by atoms with van der Waals surface area (Å²) in [6, 6.07) is 0. The summed E-state index contributed by atoms with van der Waals surface area (Å²) in [5, 5.41) is 9.43. The summed E-state index contributed by atoms with van der Waals surface area (Å²) in [6.45, 7) is 4.69. The molecule has 2 saturated carbocycles. The van der Waals surface area contributed by atoms with Crippen molar-refractivity contribution in [3.63, 3.8) is 0 Å². The number of alkyl halides is 6. The summed E-state index contributed by atoms with van der Waals surface area (Å²) in [5.41, 5.74) is -4.80. The van der Waals surface area contributed by atoms with Gasteiger partial charge < -0.3 is 9.84 Å². The smallest absolute Gasteiger partial charge is 0.426 e. The normalized spacial score (nSPS) is 30.5. The van der Waals surface area contributed by atoms with Gasteiger partial charge in [0.1, 0.15) is 6.10 Å². The van der Waals surface area contributed by atoms with Crippen LogP contribution in [-0.4, -0.2) is 35.1 Å². The van der Waals surface area contributed by atoms with Crippen LogP contribution in [0, 0.1) is 17.8 Å². The number of halogens is 6. The van der Waals surface area contributed by atoms with Crippen molar-refractivity contribution < 1.29 is 41.0 Å². The Balaban J connectivity index is 2.27. The number of hydrogen-bond donors (Lipinski definition) is 1. The summed E-state index contributed by atoms with van der Waals surface area (Å²) in [4.78, 5) is 11.7. The SMILES string of the molecule is C=C(C)C(=O)O[C@@H]1[C@H]2CC[C@@H](C2)[C@@H]1CC(O)(C(F)(F)F)C(F)(F)F. The lowest BCUT2D eigenvalue weighted by molar-refractivity contribution is -0.374. The number of carbonyl (C=O) groups is 1. The molecule has 2 rings (SSSR count). The summed E-state index contributed by atoms with van der Waals surface area (Å²) in [6.07, 6.45) is -12.9. The van der Waals surface area contributed by atoms with Gasteiger partial charge in [-0.2, -0.15) is 26.3 Å². The maximum atomic E-state index is 12.9. The molecule has 2 aliphatic rings. The third kappa shape index (κ3) is 3.14. The Kier molecular flexibility index (Phi) is 4.71. The Morgan fingerprint density at radius 2 is 1.62 bits per heavy atom. The van der Waals surface area contributed by atoms with Crippen LogP contribution in [0.3, 0.4) is 0 Å². The molecule has 0 aromatic rings. The van der Waals surface area contributed by atoms with E-state index >= 15 is 0 Å². The molecular weight excluding hydrogens is 342 g/mol. The molecule has 2 fully saturated rings. The first-order valence-corrected chi connectivity index (χ1v) is 7.50. The Bertz CT molecular complexity index is 510. The topological polar surface area (TPSA) is 46.5 Å². The van der Waals surface area contributed by atoms with Crippen LogP contribution >= 0.6 is 0 Å². The Morgan fingerprint density at radius 3 is 2.08 bits per heavy atom. The minimum absolute atomic E-state index is 0.0124. The number of aliphatic hydroxyl groups is 1.